The third-order valence-corrected chi connectivity index (χ3v) is 5.51. The second kappa shape index (κ2) is 5.28. The summed E-state index contributed by atoms with van der Waals surface area (Å²) in [7, 11) is -3.62. The Kier molecular flexibility index (Phi) is 3.60. The molecule has 0 spiro atoms. The molecule has 1 fully saturated rings. The van der Waals surface area contributed by atoms with Gasteiger partial charge in [0.2, 0.25) is 10.0 Å². The van der Waals surface area contributed by atoms with Crippen LogP contribution in [0.3, 0.4) is 0 Å². The van der Waals surface area contributed by atoms with Gasteiger partial charge >= 0.3 is 0 Å². The van der Waals surface area contributed by atoms with Crippen molar-refractivity contribution in [3.8, 4) is 5.75 Å². The molecule has 8 heteroatoms. The summed E-state index contributed by atoms with van der Waals surface area (Å²) in [6.45, 7) is 2.83. The first kappa shape index (κ1) is 14.3. The average Bonchev–Trinajstić information content (AvgIpc) is 2.46. The molecule has 0 aromatic heterocycles. The zero-order valence-corrected chi connectivity index (χ0v) is 12.4. The Morgan fingerprint density at radius 1 is 1.38 bits per heavy atom. The molecule has 2 aliphatic heterocycles. The summed E-state index contributed by atoms with van der Waals surface area (Å²) < 4.78 is 37.3. The summed E-state index contributed by atoms with van der Waals surface area (Å²) in [6.07, 6.45) is 0. The van der Waals surface area contributed by atoms with E-state index in [2.05, 4.69) is 5.32 Å². The fourth-order valence-corrected chi connectivity index (χ4v) is 4.05. The minimum absolute atomic E-state index is 0.0560. The molecule has 0 saturated carbocycles. The molecule has 0 bridgehead atoms. The molecule has 114 valence electrons. The molecule has 2 heterocycles. The molecule has 1 aromatic carbocycles. The van der Waals surface area contributed by atoms with Gasteiger partial charge in [0.05, 0.1) is 23.8 Å². The van der Waals surface area contributed by atoms with Crippen molar-refractivity contribution in [3.05, 3.63) is 18.2 Å². The topological polar surface area (TPSA) is 84.9 Å². The Labute approximate surface area is 122 Å². The highest BCUT2D eigenvalue weighted by atomic mass is 32.2. The molecule has 1 N–H and O–H groups in total. The summed E-state index contributed by atoms with van der Waals surface area (Å²) in [4.78, 5) is 11.5. The number of anilines is 1. The van der Waals surface area contributed by atoms with Crippen molar-refractivity contribution in [2.75, 3.05) is 31.7 Å². The van der Waals surface area contributed by atoms with Gasteiger partial charge in [-0.3, -0.25) is 4.79 Å². The van der Waals surface area contributed by atoms with E-state index in [9.17, 15) is 13.2 Å². The van der Waals surface area contributed by atoms with E-state index in [-0.39, 0.29) is 23.5 Å². The molecular formula is C13H16N2O5S. The van der Waals surface area contributed by atoms with E-state index in [1.165, 1.54) is 16.4 Å². The van der Waals surface area contributed by atoms with Gasteiger partial charge < -0.3 is 14.8 Å². The Hall–Kier alpha value is -1.64. The maximum atomic E-state index is 12.7. The van der Waals surface area contributed by atoms with E-state index in [4.69, 9.17) is 9.47 Å². The number of fused-ring (bicyclic) bond motifs is 1. The van der Waals surface area contributed by atoms with E-state index < -0.39 is 10.0 Å². The van der Waals surface area contributed by atoms with Gasteiger partial charge in [0.1, 0.15) is 5.75 Å². The average molecular weight is 312 g/mol. The summed E-state index contributed by atoms with van der Waals surface area (Å²) in [5.41, 5.74) is 0.383. The van der Waals surface area contributed by atoms with Crippen molar-refractivity contribution in [2.24, 2.45) is 0 Å². The van der Waals surface area contributed by atoms with Crippen LogP contribution in [0.25, 0.3) is 0 Å². The summed E-state index contributed by atoms with van der Waals surface area (Å²) in [6, 6.07) is 4.27. The van der Waals surface area contributed by atoms with Gasteiger partial charge in [0, 0.05) is 12.6 Å². The standard InChI is InChI=1S/C13H16N2O5S/c1-9-7-19-5-4-15(9)21(17,18)10-2-3-12-11(6-10)14-13(16)8-20-12/h2-3,6,9H,4-5,7-8H2,1H3,(H,14,16). The zero-order valence-electron chi connectivity index (χ0n) is 11.5. The summed E-state index contributed by atoms with van der Waals surface area (Å²) in [5, 5.41) is 2.61. The predicted molar refractivity (Wildman–Crippen MR) is 74.7 cm³/mol. The second-order valence-electron chi connectivity index (χ2n) is 5.03. The molecular weight excluding hydrogens is 296 g/mol. The predicted octanol–water partition coefficient (Wildman–Crippen LogP) is 0.427. The SMILES string of the molecule is CC1COCCN1S(=O)(=O)c1ccc2c(c1)NC(=O)CO2. The molecule has 0 aliphatic carbocycles. The number of nitrogens with one attached hydrogen (secondary N) is 1. The van der Waals surface area contributed by atoms with Crippen molar-refractivity contribution < 1.29 is 22.7 Å². The van der Waals surface area contributed by atoms with Crippen LogP contribution in [0.15, 0.2) is 23.1 Å². The van der Waals surface area contributed by atoms with Gasteiger partial charge in [-0.05, 0) is 25.1 Å². The van der Waals surface area contributed by atoms with Crippen LogP contribution < -0.4 is 10.1 Å². The van der Waals surface area contributed by atoms with Gasteiger partial charge in [-0.1, -0.05) is 0 Å². The molecule has 1 unspecified atom stereocenters. The summed E-state index contributed by atoms with van der Waals surface area (Å²) >= 11 is 0. The smallest absolute Gasteiger partial charge is 0.262 e. The van der Waals surface area contributed by atoms with Gasteiger partial charge in [0.15, 0.2) is 6.61 Å². The number of carbonyl (C=O) groups excluding carboxylic acids is 1. The van der Waals surface area contributed by atoms with Crippen LogP contribution in [0.4, 0.5) is 5.69 Å². The number of amides is 1. The van der Waals surface area contributed by atoms with E-state index in [0.29, 0.717) is 31.2 Å². The third kappa shape index (κ3) is 2.61. The zero-order chi connectivity index (χ0) is 15.0. The van der Waals surface area contributed by atoms with E-state index in [1.54, 1.807) is 13.0 Å². The van der Waals surface area contributed by atoms with Crippen LogP contribution in [0.2, 0.25) is 0 Å². The number of rotatable bonds is 2. The molecule has 1 aromatic rings. The van der Waals surface area contributed by atoms with Crippen LogP contribution in [0, 0.1) is 0 Å². The number of benzene rings is 1. The van der Waals surface area contributed by atoms with Crippen molar-refractivity contribution in [3.63, 3.8) is 0 Å². The lowest BCUT2D eigenvalue weighted by Crippen LogP contribution is -2.46. The highest BCUT2D eigenvalue weighted by molar-refractivity contribution is 7.89. The number of morpholine rings is 1. The number of sulfonamides is 1. The first-order valence-electron chi connectivity index (χ1n) is 6.65. The van der Waals surface area contributed by atoms with Crippen molar-refractivity contribution in [2.45, 2.75) is 17.9 Å². The van der Waals surface area contributed by atoms with E-state index >= 15 is 0 Å². The monoisotopic (exact) mass is 312 g/mol. The van der Waals surface area contributed by atoms with Gasteiger partial charge in [-0.25, -0.2) is 8.42 Å². The highest BCUT2D eigenvalue weighted by Gasteiger charge is 2.32. The van der Waals surface area contributed by atoms with Crippen molar-refractivity contribution >= 4 is 21.6 Å². The minimum Gasteiger partial charge on any atom is -0.482 e. The largest absolute Gasteiger partial charge is 0.482 e. The maximum Gasteiger partial charge on any atom is 0.262 e. The quantitative estimate of drug-likeness (QED) is 0.856. The lowest BCUT2D eigenvalue weighted by molar-refractivity contribution is -0.118. The number of hydrogen-bond acceptors (Lipinski definition) is 5. The normalized spacial score (nSPS) is 23.1. The molecule has 2 aliphatic rings. The fourth-order valence-electron chi connectivity index (χ4n) is 2.43. The molecule has 1 amide bonds. The minimum atomic E-state index is -3.62. The molecule has 21 heavy (non-hydrogen) atoms. The number of carbonyl (C=O) groups is 1. The van der Waals surface area contributed by atoms with Crippen LogP contribution >= 0.6 is 0 Å². The summed E-state index contributed by atoms with van der Waals surface area (Å²) in [5.74, 6) is 0.181. The first-order valence-corrected chi connectivity index (χ1v) is 8.09. The molecule has 1 saturated heterocycles. The van der Waals surface area contributed by atoms with Crippen LogP contribution in [0.1, 0.15) is 6.92 Å². The second-order valence-corrected chi connectivity index (χ2v) is 6.93. The number of nitrogens with zero attached hydrogens (tertiary/aromatic N) is 1. The first-order chi connectivity index (χ1) is 9.98. The Morgan fingerprint density at radius 3 is 2.95 bits per heavy atom. The van der Waals surface area contributed by atoms with Gasteiger partial charge in [0.25, 0.3) is 5.91 Å². The fraction of sp³-hybridized carbons (Fsp3) is 0.462. The molecule has 1 atom stereocenters. The van der Waals surface area contributed by atoms with Gasteiger partial charge in [-0.2, -0.15) is 4.31 Å². The Bertz CT molecular complexity index is 673. The van der Waals surface area contributed by atoms with Crippen LogP contribution in [-0.2, 0) is 19.6 Å². The van der Waals surface area contributed by atoms with Crippen LogP contribution in [-0.4, -0.2) is 51.0 Å². The van der Waals surface area contributed by atoms with Crippen LogP contribution in [0.5, 0.6) is 5.75 Å². The van der Waals surface area contributed by atoms with E-state index in [1.807, 2.05) is 0 Å². The van der Waals surface area contributed by atoms with Gasteiger partial charge in [-0.15, -0.1) is 0 Å². The number of ether oxygens (including phenoxy) is 2. The van der Waals surface area contributed by atoms with Crippen molar-refractivity contribution in [1.82, 2.24) is 4.31 Å². The molecule has 0 radical (unpaired) electrons. The molecule has 7 nitrogen and oxygen atoms in total. The lowest BCUT2D eigenvalue weighted by atomic mass is 10.2. The lowest BCUT2D eigenvalue weighted by Gasteiger charge is -2.32. The number of hydrogen-bond donors (Lipinski definition) is 1. The maximum absolute atomic E-state index is 12.7. The van der Waals surface area contributed by atoms with E-state index in [0.717, 1.165) is 0 Å². The highest BCUT2D eigenvalue weighted by Crippen LogP contribution is 2.31. The Balaban J connectivity index is 1.95. The third-order valence-electron chi connectivity index (χ3n) is 3.50. The van der Waals surface area contributed by atoms with Crippen molar-refractivity contribution in [1.29, 1.82) is 0 Å². The Morgan fingerprint density at radius 2 is 2.19 bits per heavy atom. The molecule has 3 rings (SSSR count).